The van der Waals surface area contributed by atoms with Crippen LogP contribution in [0.5, 0.6) is 5.75 Å². The molecule has 0 spiro atoms. The van der Waals surface area contributed by atoms with Crippen LogP contribution in [-0.4, -0.2) is 36.5 Å². The number of aromatic nitrogens is 1. The first kappa shape index (κ1) is 17.2. The molecule has 25 heavy (non-hydrogen) atoms. The van der Waals surface area contributed by atoms with E-state index in [-0.39, 0.29) is 24.1 Å². The Morgan fingerprint density at radius 2 is 2.24 bits per heavy atom. The lowest BCUT2D eigenvalue weighted by molar-refractivity contribution is -0.131. The van der Waals surface area contributed by atoms with Crippen LogP contribution in [0.25, 0.3) is 0 Å². The van der Waals surface area contributed by atoms with Crippen molar-refractivity contribution in [3.63, 3.8) is 0 Å². The molecule has 6 heteroatoms. The minimum atomic E-state index is -0.446. The highest BCUT2D eigenvalue weighted by Gasteiger charge is 2.30. The summed E-state index contributed by atoms with van der Waals surface area (Å²) in [5.41, 5.74) is 1.73. The van der Waals surface area contributed by atoms with Crippen LogP contribution >= 0.6 is 0 Å². The van der Waals surface area contributed by atoms with Crippen LogP contribution in [0.3, 0.4) is 0 Å². The number of anilines is 1. The molecule has 0 aliphatic carbocycles. The number of rotatable bonds is 5. The summed E-state index contributed by atoms with van der Waals surface area (Å²) in [6, 6.07) is 8.63. The highest BCUT2D eigenvalue weighted by molar-refractivity contribution is 5.79. The molecule has 0 radical (unpaired) electrons. The third-order valence-corrected chi connectivity index (χ3v) is 4.57. The van der Waals surface area contributed by atoms with E-state index < -0.39 is 5.82 Å². The number of likely N-dealkylation sites (tertiary alicyclic amines) is 1. The van der Waals surface area contributed by atoms with Gasteiger partial charge in [0.2, 0.25) is 5.91 Å². The van der Waals surface area contributed by atoms with Crippen LogP contribution in [0.2, 0.25) is 0 Å². The maximum atomic E-state index is 13.8. The van der Waals surface area contributed by atoms with Crippen molar-refractivity contribution in [3.05, 3.63) is 53.5 Å². The smallest absolute Gasteiger partial charge is 0.227 e. The Hall–Kier alpha value is -2.63. The molecule has 1 saturated heterocycles. The van der Waals surface area contributed by atoms with E-state index in [0.29, 0.717) is 5.56 Å². The Morgan fingerprint density at radius 3 is 2.96 bits per heavy atom. The van der Waals surface area contributed by atoms with E-state index in [1.54, 1.807) is 18.3 Å². The number of nitrogens with zero attached hydrogens (tertiary/aromatic N) is 2. The lowest BCUT2D eigenvalue weighted by atomic mass is 10.0. The van der Waals surface area contributed by atoms with Crippen molar-refractivity contribution in [2.45, 2.75) is 25.3 Å². The van der Waals surface area contributed by atoms with Crippen LogP contribution in [0.4, 0.5) is 10.2 Å². The first-order valence-corrected chi connectivity index (χ1v) is 8.38. The number of methoxy groups -OCH3 is 1. The van der Waals surface area contributed by atoms with Crippen molar-refractivity contribution in [1.82, 2.24) is 9.88 Å². The van der Waals surface area contributed by atoms with Gasteiger partial charge in [-0.15, -0.1) is 0 Å². The van der Waals surface area contributed by atoms with Crippen molar-refractivity contribution in [1.29, 1.82) is 0 Å². The largest absolute Gasteiger partial charge is 0.494 e. The fraction of sp³-hybridized carbons (Fsp3) is 0.368. The number of halogens is 1. The Bertz CT molecular complexity index is 766. The van der Waals surface area contributed by atoms with E-state index in [4.69, 9.17) is 4.74 Å². The third-order valence-electron chi connectivity index (χ3n) is 4.57. The molecule has 1 fully saturated rings. The second kappa shape index (κ2) is 7.51. The first-order valence-electron chi connectivity index (χ1n) is 8.38. The number of hydrogen-bond acceptors (Lipinski definition) is 4. The molecule has 1 N–H and O–H groups in total. The fourth-order valence-corrected chi connectivity index (χ4v) is 3.30. The number of amides is 1. The summed E-state index contributed by atoms with van der Waals surface area (Å²) < 4.78 is 18.8. The van der Waals surface area contributed by atoms with Gasteiger partial charge >= 0.3 is 0 Å². The van der Waals surface area contributed by atoms with Crippen LogP contribution in [0, 0.1) is 5.82 Å². The van der Waals surface area contributed by atoms with E-state index >= 15 is 0 Å². The van der Waals surface area contributed by atoms with Gasteiger partial charge in [-0.2, -0.15) is 0 Å². The minimum absolute atomic E-state index is 0.00915. The normalized spacial score (nSPS) is 16.8. The predicted octanol–water partition coefficient (Wildman–Crippen LogP) is 3.18. The zero-order chi connectivity index (χ0) is 17.8. The van der Waals surface area contributed by atoms with E-state index in [1.165, 1.54) is 13.2 Å². The van der Waals surface area contributed by atoms with Gasteiger partial charge in [-0.05, 0) is 48.2 Å². The van der Waals surface area contributed by atoms with Gasteiger partial charge in [0, 0.05) is 19.8 Å². The molecular weight excluding hydrogens is 321 g/mol. The van der Waals surface area contributed by atoms with E-state index in [9.17, 15) is 9.18 Å². The molecule has 2 heterocycles. The van der Waals surface area contributed by atoms with Crippen molar-refractivity contribution < 1.29 is 13.9 Å². The van der Waals surface area contributed by atoms with Crippen molar-refractivity contribution >= 4 is 11.7 Å². The van der Waals surface area contributed by atoms with E-state index in [0.717, 1.165) is 30.8 Å². The van der Waals surface area contributed by atoms with Crippen LogP contribution in [0.1, 0.15) is 30.0 Å². The van der Waals surface area contributed by atoms with Crippen LogP contribution in [-0.2, 0) is 11.2 Å². The summed E-state index contributed by atoms with van der Waals surface area (Å²) >= 11 is 0. The van der Waals surface area contributed by atoms with Crippen molar-refractivity contribution in [2.75, 3.05) is 26.0 Å². The summed E-state index contributed by atoms with van der Waals surface area (Å²) in [7, 11) is 3.24. The quantitative estimate of drug-likeness (QED) is 0.906. The molecule has 0 bridgehead atoms. The molecule has 1 aromatic carbocycles. The summed E-state index contributed by atoms with van der Waals surface area (Å²) in [5.74, 6) is 0.536. The fourth-order valence-electron chi connectivity index (χ4n) is 3.30. The molecule has 132 valence electrons. The second-order valence-corrected chi connectivity index (χ2v) is 6.12. The molecule has 1 aliphatic heterocycles. The highest BCUT2D eigenvalue weighted by Crippen LogP contribution is 2.33. The summed E-state index contributed by atoms with van der Waals surface area (Å²) in [4.78, 5) is 18.9. The number of nitrogens with one attached hydrogen (secondary N) is 1. The Kier molecular flexibility index (Phi) is 5.16. The van der Waals surface area contributed by atoms with Gasteiger partial charge < -0.3 is 15.0 Å². The Morgan fingerprint density at radius 1 is 1.40 bits per heavy atom. The van der Waals surface area contributed by atoms with Crippen molar-refractivity contribution in [3.8, 4) is 5.75 Å². The number of carbonyl (C=O) groups excluding carboxylic acids is 1. The summed E-state index contributed by atoms with van der Waals surface area (Å²) in [6.07, 6.45) is 3.82. The van der Waals surface area contributed by atoms with Crippen LogP contribution < -0.4 is 10.1 Å². The molecule has 5 nitrogen and oxygen atoms in total. The van der Waals surface area contributed by atoms with Gasteiger partial charge in [0.15, 0.2) is 11.6 Å². The molecule has 1 unspecified atom stereocenters. The number of ether oxygens (including phenoxy) is 1. The molecule has 1 atom stereocenters. The molecule has 1 aliphatic rings. The lowest BCUT2D eigenvalue weighted by Gasteiger charge is -2.25. The van der Waals surface area contributed by atoms with Gasteiger partial charge in [-0.3, -0.25) is 4.79 Å². The van der Waals surface area contributed by atoms with Gasteiger partial charge in [0.1, 0.15) is 5.82 Å². The number of pyridine rings is 1. The zero-order valence-corrected chi connectivity index (χ0v) is 14.5. The predicted molar refractivity (Wildman–Crippen MR) is 94.1 cm³/mol. The van der Waals surface area contributed by atoms with Gasteiger partial charge in [-0.25, -0.2) is 9.37 Å². The molecule has 2 aromatic rings. The maximum Gasteiger partial charge on any atom is 0.227 e. The second-order valence-electron chi connectivity index (χ2n) is 6.12. The van der Waals surface area contributed by atoms with Crippen molar-refractivity contribution in [2.24, 2.45) is 0 Å². The molecular formula is C19H22FN3O2. The summed E-state index contributed by atoms with van der Waals surface area (Å²) in [5, 5.41) is 3.02. The molecule has 1 amide bonds. The van der Waals surface area contributed by atoms with Gasteiger partial charge in [0.25, 0.3) is 0 Å². The SMILES string of the molecule is CNc1cc(C2CCCN2C(=O)Cc2ccc(OC)c(F)c2)ccn1. The average molecular weight is 343 g/mol. The molecule has 3 rings (SSSR count). The Labute approximate surface area is 146 Å². The lowest BCUT2D eigenvalue weighted by Crippen LogP contribution is -2.31. The summed E-state index contributed by atoms with van der Waals surface area (Å²) in [6.45, 7) is 0.722. The van der Waals surface area contributed by atoms with Crippen LogP contribution in [0.15, 0.2) is 36.5 Å². The van der Waals surface area contributed by atoms with E-state index in [2.05, 4.69) is 10.3 Å². The zero-order valence-electron chi connectivity index (χ0n) is 14.5. The van der Waals surface area contributed by atoms with Gasteiger partial charge in [0.05, 0.1) is 19.6 Å². The number of carbonyl (C=O) groups is 1. The average Bonchev–Trinajstić information content (AvgIpc) is 3.12. The minimum Gasteiger partial charge on any atom is -0.494 e. The topological polar surface area (TPSA) is 54.5 Å². The maximum absolute atomic E-state index is 13.8. The standard InChI is InChI=1S/C19H22FN3O2/c1-21-18-12-14(7-8-22-18)16-4-3-9-23(16)19(24)11-13-5-6-17(25-2)15(20)10-13/h5-8,10,12,16H,3-4,9,11H2,1-2H3,(H,21,22). The Balaban J connectivity index is 1.75. The molecule has 1 aromatic heterocycles. The van der Waals surface area contributed by atoms with Gasteiger partial charge in [-0.1, -0.05) is 6.07 Å². The number of benzene rings is 1. The third kappa shape index (κ3) is 3.73. The first-order chi connectivity index (χ1) is 12.1. The number of hydrogen-bond donors (Lipinski definition) is 1. The monoisotopic (exact) mass is 343 g/mol. The van der Waals surface area contributed by atoms with E-state index in [1.807, 2.05) is 24.1 Å². The molecule has 0 saturated carbocycles. The highest BCUT2D eigenvalue weighted by atomic mass is 19.1.